The third kappa shape index (κ3) is 6.68. The van der Waals surface area contributed by atoms with Gasteiger partial charge in [-0.15, -0.1) is 0 Å². The van der Waals surface area contributed by atoms with Gasteiger partial charge in [-0.05, 0) is 59.1 Å². The highest BCUT2D eigenvalue weighted by Crippen LogP contribution is 2.43. The number of carbonyl (C=O) groups is 1. The molecule has 0 aliphatic carbocycles. The predicted molar refractivity (Wildman–Crippen MR) is 117 cm³/mol. The summed E-state index contributed by atoms with van der Waals surface area (Å²) in [4.78, 5) is 12.3. The summed E-state index contributed by atoms with van der Waals surface area (Å²) >= 11 is 0. The van der Waals surface area contributed by atoms with Gasteiger partial charge in [-0.25, -0.2) is 0 Å². The molecule has 2 N–H and O–H groups in total. The Balaban J connectivity index is 2.22. The number of hydrogen-bond acceptors (Lipinski definition) is 3. The first-order valence-corrected chi connectivity index (χ1v) is 11.1. The number of amides is 1. The fraction of sp³-hybridized carbons (Fsp3) is 0.435. The number of benzene rings is 2. The Morgan fingerprint density at radius 3 is 2.07 bits per heavy atom. The molecule has 0 heterocycles. The molecular weight excluding hydrogens is 386 g/mol. The van der Waals surface area contributed by atoms with Crippen LogP contribution in [0.5, 0.6) is 0 Å². The van der Waals surface area contributed by atoms with Gasteiger partial charge in [-0.1, -0.05) is 59.7 Å². The Morgan fingerprint density at radius 2 is 1.59 bits per heavy atom. The molecule has 0 saturated carbocycles. The minimum Gasteiger partial charge on any atom is -0.322 e. The van der Waals surface area contributed by atoms with Gasteiger partial charge < -0.3 is 5.32 Å². The van der Waals surface area contributed by atoms with Gasteiger partial charge in [-0.2, -0.15) is 8.42 Å². The summed E-state index contributed by atoms with van der Waals surface area (Å²) < 4.78 is 31.7. The van der Waals surface area contributed by atoms with Crippen molar-refractivity contribution in [2.24, 2.45) is 10.8 Å². The molecule has 0 aliphatic rings. The molecule has 29 heavy (non-hydrogen) atoms. The topological polar surface area (TPSA) is 83.5 Å². The molecule has 0 radical (unpaired) electrons. The zero-order valence-electron chi connectivity index (χ0n) is 18.0. The maximum absolute atomic E-state index is 12.6. The van der Waals surface area contributed by atoms with Gasteiger partial charge in [-0.3, -0.25) is 9.35 Å². The quantitative estimate of drug-likeness (QED) is 0.607. The van der Waals surface area contributed by atoms with Crippen LogP contribution in [0.3, 0.4) is 0 Å². The van der Waals surface area contributed by atoms with Crippen molar-refractivity contribution in [1.29, 1.82) is 0 Å². The fourth-order valence-corrected chi connectivity index (χ4v) is 3.87. The van der Waals surface area contributed by atoms with Gasteiger partial charge in [0.1, 0.15) is 0 Å². The van der Waals surface area contributed by atoms with E-state index in [1.54, 1.807) is 18.2 Å². The van der Waals surface area contributed by atoms with Gasteiger partial charge in [0.15, 0.2) is 0 Å². The van der Waals surface area contributed by atoms with Crippen LogP contribution in [-0.4, -0.2) is 18.9 Å². The molecule has 0 aliphatic heterocycles. The predicted octanol–water partition coefficient (Wildman–Crippen LogP) is 5.75. The molecule has 0 aromatic heterocycles. The molecule has 2 aromatic rings. The molecule has 1 unspecified atom stereocenters. The Kier molecular flexibility index (Phi) is 6.60. The average molecular weight is 418 g/mol. The minimum absolute atomic E-state index is 0.0906. The van der Waals surface area contributed by atoms with Crippen LogP contribution in [0.25, 0.3) is 0 Å². The first kappa shape index (κ1) is 23.1. The molecule has 1 atom stereocenters. The van der Waals surface area contributed by atoms with Crippen LogP contribution in [0, 0.1) is 10.8 Å². The van der Waals surface area contributed by atoms with Gasteiger partial charge in [0.25, 0.3) is 16.0 Å². The summed E-state index contributed by atoms with van der Waals surface area (Å²) in [5.41, 5.74) is 2.25. The lowest BCUT2D eigenvalue weighted by Crippen LogP contribution is -2.24. The van der Waals surface area contributed by atoms with Crippen LogP contribution in [0.2, 0.25) is 0 Å². The van der Waals surface area contributed by atoms with E-state index in [0.717, 1.165) is 6.42 Å². The second kappa shape index (κ2) is 8.28. The van der Waals surface area contributed by atoms with E-state index in [9.17, 15) is 13.2 Å². The van der Waals surface area contributed by atoms with Gasteiger partial charge in [0, 0.05) is 11.3 Å². The van der Waals surface area contributed by atoms with Crippen molar-refractivity contribution >= 4 is 21.7 Å². The normalized spacial score (nSPS) is 13.8. The monoisotopic (exact) mass is 417 g/mol. The van der Waals surface area contributed by atoms with Gasteiger partial charge in [0.05, 0.1) is 4.90 Å². The van der Waals surface area contributed by atoms with Crippen LogP contribution in [0.4, 0.5) is 5.69 Å². The van der Waals surface area contributed by atoms with Crippen molar-refractivity contribution < 1.29 is 17.8 Å². The standard InChI is InChI=1S/C23H31NO4S/c1-22(2,3)15-20(23(4,5)6)16-10-12-17(13-11-16)21(25)24-18-8-7-9-19(14-18)29(26,27)28/h7-14,20H,15H2,1-6H3,(H,24,25)(H,26,27,28). The van der Waals surface area contributed by atoms with Crippen LogP contribution in [0.1, 0.15) is 69.8 Å². The highest BCUT2D eigenvalue weighted by Gasteiger charge is 2.30. The van der Waals surface area contributed by atoms with Crippen molar-refractivity contribution in [2.75, 3.05) is 5.32 Å². The molecule has 2 rings (SSSR count). The Hall–Kier alpha value is -2.18. The van der Waals surface area contributed by atoms with Crippen LogP contribution >= 0.6 is 0 Å². The largest absolute Gasteiger partial charge is 0.322 e. The van der Waals surface area contributed by atoms with E-state index in [-0.39, 0.29) is 21.6 Å². The summed E-state index contributed by atoms with van der Waals surface area (Å²) in [6, 6.07) is 13.1. The van der Waals surface area contributed by atoms with Crippen LogP contribution in [0.15, 0.2) is 53.4 Å². The maximum Gasteiger partial charge on any atom is 0.294 e. The second-order valence-electron chi connectivity index (χ2n) is 9.76. The minimum atomic E-state index is -4.32. The first-order chi connectivity index (χ1) is 13.2. The Morgan fingerprint density at radius 1 is 1.00 bits per heavy atom. The van der Waals surface area contributed by atoms with Crippen molar-refractivity contribution in [3.63, 3.8) is 0 Å². The third-order valence-corrected chi connectivity index (χ3v) is 5.68. The van der Waals surface area contributed by atoms with Gasteiger partial charge >= 0.3 is 0 Å². The van der Waals surface area contributed by atoms with Crippen molar-refractivity contribution in [3.8, 4) is 0 Å². The molecular formula is C23H31NO4S. The molecule has 6 heteroatoms. The fourth-order valence-electron chi connectivity index (χ4n) is 3.34. The lowest BCUT2D eigenvalue weighted by atomic mass is 9.69. The molecule has 0 fully saturated rings. The molecule has 1 amide bonds. The van der Waals surface area contributed by atoms with Crippen molar-refractivity contribution in [1.82, 2.24) is 0 Å². The summed E-state index contributed by atoms with van der Waals surface area (Å²) in [5, 5.41) is 2.67. The second-order valence-corrected chi connectivity index (χ2v) is 11.2. The maximum atomic E-state index is 12.6. The highest BCUT2D eigenvalue weighted by atomic mass is 32.2. The van der Waals surface area contributed by atoms with E-state index in [2.05, 4.69) is 46.9 Å². The molecule has 0 spiro atoms. The molecule has 0 saturated heterocycles. The van der Waals surface area contributed by atoms with E-state index in [0.29, 0.717) is 17.2 Å². The third-order valence-electron chi connectivity index (χ3n) is 4.83. The van der Waals surface area contributed by atoms with E-state index in [1.165, 1.54) is 23.8 Å². The van der Waals surface area contributed by atoms with E-state index < -0.39 is 10.1 Å². The molecule has 158 valence electrons. The summed E-state index contributed by atoms with van der Waals surface area (Å²) in [7, 11) is -4.32. The number of anilines is 1. The number of carbonyl (C=O) groups excluding carboxylic acids is 1. The summed E-state index contributed by atoms with van der Waals surface area (Å²) in [6.07, 6.45) is 1.03. The number of rotatable bonds is 5. The smallest absolute Gasteiger partial charge is 0.294 e. The van der Waals surface area contributed by atoms with E-state index in [4.69, 9.17) is 4.55 Å². The molecule has 0 bridgehead atoms. The lowest BCUT2D eigenvalue weighted by Gasteiger charge is -2.36. The van der Waals surface area contributed by atoms with Gasteiger partial charge in [0.2, 0.25) is 0 Å². The SMILES string of the molecule is CC(C)(C)CC(c1ccc(C(=O)Nc2cccc(S(=O)(=O)O)c2)cc1)C(C)(C)C. The van der Waals surface area contributed by atoms with Crippen LogP contribution < -0.4 is 5.32 Å². The number of nitrogens with one attached hydrogen (secondary N) is 1. The lowest BCUT2D eigenvalue weighted by molar-refractivity contribution is 0.102. The highest BCUT2D eigenvalue weighted by molar-refractivity contribution is 7.85. The zero-order chi connectivity index (χ0) is 22.0. The Bertz CT molecular complexity index is 965. The number of hydrogen-bond donors (Lipinski definition) is 2. The summed E-state index contributed by atoms with van der Waals surface area (Å²) in [6.45, 7) is 13.4. The van der Waals surface area contributed by atoms with E-state index >= 15 is 0 Å². The van der Waals surface area contributed by atoms with Crippen molar-refractivity contribution in [3.05, 3.63) is 59.7 Å². The average Bonchev–Trinajstić information content (AvgIpc) is 2.58. The summed E-state index contributed by atoms with van der Waals surface area (Å²) in [5.74, 6) is 0.0122. The zero-order valence-corrected chi connectivity index (χ0v) is 18.8. The molecule has 2 aromatic carbocycles. The molecule has 5 nitrogen and oxygen atoms in total. The first-order valence-electron chi connectivity index (χ1n) is 9.66. The van der Waals surface area contributed by atoms with E-state index in [1.807, 2.05) is 12.1 Å². The Labute approximate surface area is 174 Å². The van der Waals surface area contributed by atoms with Crippen LogP contribution in [-0.2, 0) is 10.1 Å². The van der Waals surface area contributed by atoms with Crippen molar-refractivity contribution in [2.45, 2.75) is 58.8 Å².